The SMILES string of the molecule is CC(Oc1ccc(C#N)cc1)C(=O)N(c1cccc([N+](=O)[O-])c1)C1CCCC1. The molecule has 144 valence electrons. The van der Waals surface area contributed by atoms with Crippen LogP contribution in [0.15, 0.2) is 48.5 Å². The van der Waals surface area contributed by atoms with Gasteiger partial charge >= 0.3 is 0 Å². The van der Waals surface area contributed by atoms with Gasteiger partial charge in [0.15, 0.2) is 6.10 Å². The molecular formula is C21H21N3O4. The van der Waals surface area contributed by atoms with Crippen molar-refractivity contribution in [2.24, 2.45) is 0 Å². The minimum Gasteiger partial charge on any atom is -0.481 e. The summed E-state index contributed by atoms with van der Waals surface area (Å²) in [5.74, 6) is 0.252. The number of hydrogen-bond donors (Lipinski definition) is 0. The first kappa shape index (κ1) is 19.4. The lowest BCUT2D eigenvalue weighted by molar-refractivity contribution is -0.384. The van der Waals surface area contributed by atoms with Crippen molar-refractivity contribution in [3.8, 4) is 11.8 Å². The van der Waals surface area contributed by atoms with Gasteiger partial charge in [-0.15, -0.1) is 0 Å². The summed E-state index contributed by atoms with van der Waals surface area (Å²) in [6.07, 6.45) is 2.99. The van der Waals surface area contributed by atoms with Crippen LogP contribution in [0.5, 0.6) is 5.75 Å². The highest BCUT2D eigenvalue weighted by atomic mass is 16.6. The summed E-state index contributed by atoms with van der Waals surface area (Å²) in [6.45, 7) is 1.67. The van der Waals surface area contributed by atoms with Gasteiger partial charge in [-0.1, -0.05) is 18.9 Å². The monoisotopic (exact) mass is 379 g/mol. The number of carbonyl (C=O) groups excluding carboxylic acids is 1. The Morgan fingerprint density at radius 2 is 1.93 bits per heavy atom. The maximum absolute atomic E-state index is 13.2. The fourth-order valence-electron chi connectivity index (χ4n) is 3.50. The number of nitro groups is 1. The molecule has 0 radical (unpaired) electrons. The minimum absolute atomic E-state index is 0.00141. The van der Waals surface area contributed by atoms with E-state index in [2.05, 4.69) is 0 Å². The molecule has 7 nitrogen and oxygen atoms in total. The van der Waals surface area contributed by atoms with Gasteiger partial charge in [0.1, 0.15) is 5.75 Å². The van der Waals surface area contributed by atoms with Gasteiger partial charge in [-0.25, -0.2) is 0 Å². The molecule has 28 heavy (non-hydrogen) atoms. The first-order chi connectivity index (χ1) is 13.5. The third-order valence-electron chi connectivity index (χ3n) is 4.89. The number of nitriles is 1. The minimum atomic E-state index is -0.771. The fourth-order valence-corrected chi connectivity index (χ4v) is 3.50. The topological polar surface area (TPSA) is 96.5 Å². The number of nitro benzene ring substituents is 1. The zero-order valence-corrected chi connectivity index (χ0v) is 15.6. The van der Waals surface area contributed by atoms with Gasteiger partial charge in [-0.05, 0) is 50.1 Å². The predicted molar refractivity (Wildman–Crippen MR) is 104 cm³/mol. The normalized spacial score (nSPS) is 14.9. The van der Waals surface area contributed by atoms with Gasteiger partial charge < -0.3 is 9.64 Å². The molecule has 0 heterocycles. The molecule has 0 spiro atoms. The van der Waals surface area contributed by atoms with Crippen molar-refractivity contribution in [2.75, 3.05) is 4.90 Å². The molecule has 0 aromatic heterocycles. The number of ether oxygens (including phenoxy) is 1. The molecule has 1 amide bonds. The molecule has 7 heteroatoms. The molecular weight excluding hydrogens is 358 g/mol. The molecule has 0 saturated heterocycles. The van der Waals surface area contributed by atoms with Crippen molar-refractivity contribution >= 4 is 17.3 Å². The Hall–Kier alpha value is -3.40. The summed E-state index contributed by atoms with van der Waals surface area (Å²) >= 11 is 0. The summed E-state index contributed by atoms with van der Waals surface area (Å²) in [7, 11) is 0. The average molecular weight is 379 g/mol. The van der Waals surface area contributed by atoms with E-state index in [1.54, 1.807) is 48.2 Å². The van der Waals surface area contributed by atoms with Gasteiger partial charge in [-0.2, -0.15) is 5.26 Å². The molecule has 1 aliphatic rings. The van der Waals surface area contributed by atoms with Crippen LogP contribution >= 0.6 is 0 Å². The summed E-state index contributed by atoms with van der Waals surface area (Å²) in [4.78, 5) is 25.6. The van der Waals surface area contributed by atoms with E-state index >= 15 is 0 Å². The average Bonchev–Trinajstić information content (AvgIpc) is 3.23. The molecule has 0 N–H and O–H groups in total. The van der Waals surface area contributed by atoms with Gasteiger partial charge in [0.05, 0.1) is 22.2 Å². The zero-order valence-electron chi connectivity index (χ0n) is 15.6. The predicted octanol–water partition coefficient (Wildman–Crippen LogP) is 4.21. The Balaban J connectivity index is 1.84. The zero-order chi connectivity index (χ0) is 20.1. The van der Waals surface area contributed by atoms with Crippen molar-refractivity contribution in [3.05, 3.63) is 64.2 Å². The lowest BCUT2D eigenvalue weighted by atomic mass is 10.1. The molecule has 1 saturated carbocycles. The van der Waals surface area contributed by atoms with E-state index in [1.807, 2.05) is 6.07 Å². The lowest BCUT2D eigenvalue weighted by Crippen LogP contribution is -2.45. The van der Waals surface area contributed by atoms with Crippen LogP contribution in [-0.4, -0.2) is 23.0 Å². The van der Waals surface area contributed by atoms with Crippen LogP contribution in [0.25, 0.3) is 0 Å². The van der Waals surface area contributed by atoms with Crippen molar-refractivity contribution < 1.29 is 14.5 Å². The number of amides is 1. The number of non-ortho nitro benzene ring substituents is 1. The smallest absolute Gasteiger partial charge is 0.271 e. The Morgan fingerprint density at radius 1 is 1.25 bits per heavy atom. The fraction of sp³-hybridized carbons (Fsp3) is 0.333. The lowest BCUT2D eigenvalue weighted by Gasteiger charge is -2.31. The number of hydrogen-bond acceptors (Lipinski definition) is 5. The molecule has 1 fully saturated rings. The number of nitrogens with zero attached hydrogens (tertiary/aromatic N) is 3. The van der Waals surface area contributed by atoms with Crippen molar-refractivity contribution in [3.63, 3.8) is 0 Å². The summed E-state index contributed by atoms with van der Waals surface area (Å²) < 4.78 is 5.78. The third kappa shape index (κ3) is 4.29. The van der Waals surface area contributed by atoms with Crippen LogP contribution in [0, 0.1) is 21.4 Å². The number of carbonyl (C=O) groups is 1. The standard InChI is InChI=1S/C21H21N3O4/c1-15(28-20-11-9-16(14-22)10-12-20)21(25)23(17-5-2-3-6-17)18-7-4-8-19(13-18)24(26)27/h4,7-13,15,17H,2-3,5-6H2,1H3. The maximum Gasteiger partial charge on any atom is 0.271 e. The van der Waals surface area contributed by atoms with E-state index in [0.717, 1.165) is 25.7 Å². The molecule has 0 aliphatic heterocycles. The molecule has 0 bridgehead atoms. The van der Waals surface area contributed by atoms with Crippen LogP contribution < -0.4 is 9.64 Å². The molecule has 3 rings (SSSR count). The summed E-state index contributed by atoms with van der Waals surface area (Å²) in [6, 6.07) is 14.7. The van der Waals surface area contributed by atoms with E-state index in [9.17, 15) is 14.9 Å². The second kappa shape index (κ2) is 8.53. The van der Waals surface area contributed by atoms with Gasteiger partial charge in [-0.3, -0.25) is 14.9 Å². The largest absolute Gasteiger partial charge is 0.481 e. The highest BCUT2D eigenvalue weighted by Crippen LogP contribution is 2.31. The Labute approximate surface area is 163 Å². The van der Waals surface area contributed by atoms with Gasteiger partial charge in [0.2, 0.25) is 0 Å². The Bertz CT molecular complexity index is 899. The molecule has 1 atom stereocenters. The van der Waals surface area contributed by atoms with Crippen LogP contribution in [0.2, 0.25) is 0 Å². The van der Waals surface area contributed by atoms with Crippen molar-refractivity contribution in [2.45, 2.75) is 44.8 Å². The van der Waals surface area contributed by atoms with Gasteiger partial charge in [0.25, 0.3) is 11.6 Å². The summed E-state index contributed by atoms with van der Waals surface area (Å²) in [5, 5.41) is 20.0. The number of benzene rings is 2. The summed E-state index contributed by atoms with van der Waals surface area (Å²) in [5.41, 5.74) is 0.978. The molecule has 2 aromatic carbocycles. The molecule has 1 aliphatic carbocycles. The van der Waals surface area contributed by atoms with Crippen LogP contribution in [0.4, 0.5) is 11.4 Å². The van der Waals surface area contributed by atoms with Crippen molar-refractivity contribution in [1.82, 2.24) is 0 Å². The highest BCUT2D eigenvalue weighted by molar-refractivity contribution is 5.97. The van der Waals surface area contributed by atoms with E-state index in [0.29, 0.717) is 17.0 Å². The van der Waals surface area contributed by atoms with Crippen LogP contribution in [-0.2, 0) is 4.79 Å². The van der Waals surface area contributed by atoms with Gasteiger partial charge in [0, 0.05) is 18.2 Å². The van der Waals surface area contributed by atoms with Crippen molar-refractivity contribution in [1.29, 1.82) is 5.26 Å². The number of rotatable bonds is 6. The van der Waals surface area contributed by atoms with E-state index in [1.165, 1.54) is 12.1 Å². The van der Waals surface area contributed by atoms with Crippen LogP contribution in [0.3, 0.4) is 0 Å². The molecule has 2 aromatic rings. The quantitative estimate of drug-likeness (QED) is 0.553. The first-order valence-electron chi connectivity index (χ1n) is 9.24. The van der Waals surface area contributed by atoms with E-state index in [4.69, 9.17) is 10.00 Å². The third-order valence-corrected chi connectivity index (χ3v) is 4.89. The van der Waals surface area contributed by atoms with E-state index in [-0.39, 0.29) is 17.6 Å². The Morgan fingerprint density at radius 3 is 2.54 bits per heavy atom. The highest BCUT2D eigenvalue weighted by Gasteiger charge is 2.32. The molecule has 1 unspecified atom stereocenters. The second-order valence-corrected chi connectivity index (χ2v) is 6.82. The van der Waals surface area contributed by atoms with E-state index < -0.39 is 11.0 Å². The second-order valence-electron chi connectivity index (χ2n) is 6.82. The first-order valence-corrected chi connectivity index (χ1v) is 9.24. The van der Waals surface area contributed by atoms with Crippen LogP contribution in [0.1, 0.15) is 38.2 Å². The maximum atomic E-state index is 13.2. The number of anilines is 1. The Kier molecular flexibility index (Phi) is 5.90.